The predicted octanol–water partition coefficient (Wildman–Crippen LogP) is 4.71. The van der Waals surface area contributed by atoms with E-state index in [0.29, 0.717) is 6.07 Å². The van der Waals surface area contributed by atoms with Crippen LogP contribution in [0, 0.1) is 11.6 Å². The van der Waals surface area contributed by atoms with Crippen LogP contribution < -0.4 is 5.32 Å². The third kappa shape index (κ3) is 5.24. The van der Waals surface area contributed by atoms with Gasteiger partial charge in [-0.15, -0.1) is 11.8 Å². The van der Waals surface area contributed by atoms with Crippen molar-refractivity contribution in [1.82, 2.24) is 0 Å². The second kappa shape index (κ2) is 6.99. The Bertz CT molecular complexity index is 697. The molecule has 0 saturated carbocycles. The van der Waals surface area contributed by atoms with Gasteiger partial charge in [-0.1, -0.05) is 6.07 Å². The van der Waals surface area contributed by atoms with E-state index >= 15 is 0 Å². The van der Waals surface area contributed by atoms with E-state index in [0.717, 1.165) is 36.0 Å². The number of carbonyl (C=O) groups excluding carboxylic acids is 1. The molecule has 0 fully saturated rings. The number of halogens is 5. The van der Waals surface area contributed by atoms with Gasteiger partial charge in [0.25, 0.3) is 0 Å². The molecule has 0 atom stereocenters. The number of carbonyl (C=O) groups is 1. The van der Waals surface area contributed by atoms with Gasteiger partial charge >= 0.3 is 6.18 Å². The van der Waals surface area contributed by atoms with Crippen LogP contribution in [0.15, 0.2) is 47.4 Å². The third-order valence-corrected chi connectivity index (χ3v) is 3.67. The largest absolute Gasteiger partial charge is 0.416 e. The summed E-state index contributed by atoms with van der Waals surface area (Å²) in [5.41, 5.74) is -0.868. The first kappa shape index (κ1) is 17.3. The highest BCUT2D eigenvalue weighted by molar-refractivity contribution is 8.00. The van der Waals surface area contributed by atoms with Gasteiger partial charge in [-0.2, -0.15) is 13.2 Å². The molecule has 2 aromatic rings. The normalized spacial score (nSPS) is 11.3. The molecular weight excluding hydrogens is 337 g/mol. The molecule has 0 radical (unpaired) electrons. The van der Waals surface area contributed by atoms with Crippen LogP contribution in [0.4, 0.5) is 27.6 Å². The number of hydrogen-bond donors (Lipinski definition) is 1. The zero-order valence-corrected chi connectivity index (χ0v) is 12.3. The third-order valence-electron chi connectivity index (χ3n) is 2.68. The van der Waals surface area contributed by atoms with E-state index in [1.165, 1.54) is 12.1 Å². The van der Waals surface area contributed by atoms with Gasteiger partial charge in [-0.3, -0.25) is 4.79 Å². The molecule has 0 aliphatic rings. The van der Waals surface area contributed by atoms with E-state index in [1.807, 2.05) is 0 Å². The first-order valence-electron chi connectivity index (χ1n) is 6.30. The number of rotatable bonds is 4. The molecule has 23 heavy (non-hydrogen) atoms. The molecule has 2 rings (SSSR count). The fourth-order valence-corrected chi connectivity index (χ4v) is 2.49. The van der Waals surface area contributed by atoms with Gasteiger partial charge < -0.3 is 5.32 Å². The summed E-state index contributed by atoms with van der Waals surface area (Å²) >= 11 is 0.887. The molecule has 0 bridgehead atoms. The van der Waals surface area contributed by atoms with Crippen molar-refractivity contribution in [3.63, 3.8) is 0 Å². The van der Waals surface area contributed by atoms with Crippen molar-refractivity contribution in [2.24, 2.45) is 0 Å². The minimum atomic E-state index is -4.46. The monoisotopic (exact) mass is 347 g/mol. The van der Waals surface area contributed by atoms with Crippen molar-refractivity contribution >= 4 is 23.4 Å². The van der Waals surface area contributed by atoms with Crippen LogP contribution in [0.2, 0.25) is 0 Å². The Kier molecular flexibility index (Phi) is 5.25. The Morgan fingerprint density at radius 3 is 2.30 bits per heavy atom. The number of anilines is 1. The summed E-state index contributed by atoms with van der Waals surface area (Å²) in [4.78, 5) is 12.0. The van der Waals surface area contributed by atoms with Crippen molar-refractivity contribution in [1.29, 1.82) is 0 Å². The highest BCUT2D eigenvalue weighted by atomic mass is 32.2. The predicted molar refractivity (Wildman–Crippen MR) is 77.2 cm³/mol. The average molecular weight is 347 g/mol. The van der Waals surface area contributed by atoms with Crippen LogP contribution in [-0.2, 0) is 11.0 Å². The highest BCUT2D eigenvalue weighted by Gasteiger charge is 2.30. The van der Waals surface area contributed by atoms with Crippen molar-refractivity contribution in [2.75, 3.05) is 11.1 Å². The Labute approximate surface area is 132 Å². The summed E-state index contributed by atoms with van der Waals surface area (Å²) in [5, 5.41) is 2.28. The van der Waals surface area contributed by atoms with Crippen molar-refractivity contribution in [2.45, 2.75) is 11.1 Å². The first-order chi connectivity index (χ1) is 10.7. The topological polar surface area (TPSA) is 29.1 Å². The van der Waals surface area contributed by atoms with Gasteiger partial charge in [-0.05, 0) is 30.3 Å². The first-order valence-corrected chi connectivity index (χ1v) is 7.28. The molecule has 2 nitrogen and oxygen atoms in total. The summed E-state index contributed by atoms with van der Waals surface area (Å²) in [7, 11) is 0. The van der Waals surface area contributed by atoms with E-state index in [9.17, 15) is 26.7 Å². The minimum Gasteiger partial charge on any atom is -0.325 e. The number of nitrogens with one attached hydrogen (secondary N) is 1. The molecule has 0 saturated heterocycles. The van der Waals surface area contributed by atoms with Gasteiger partial charge in [0.1, 0.15) is 11.6 Å². The lowest BCUT2D eigenvalue weighted by Gasteiger charge is -2.09. The van der Waals surface area contributed by atoms with Crippen molar-refractivity contribution in [3.8, 4) is 0 Å². The smallest absolute Gasteiger partial charge is 0.325 e. The number of alkyl halides is 3. The molecule has 0 aliphatic heterocycles. The fourth-order valence-electron chi connectivity index (χ4n) is 1.73. The number of amides is 1. The molecule has 8 heteroatoms. The molecule has 0 spiro atoms. The highest BCUT2D eigenvalue weighted by Crippen LogP contribution is 2.31. The molecule has 2 aromatic carbocycles. The lowest BCUT2D eigenvalue weighted by atomic mass is 10.2. The van der Waals surface area contributed by atoms with Gasteiger partial charge in [-0.25, -0.2) is 8.78 Å². The molecule has 122 valence electrons. The van der Waals surface area contributed by atoms with Crippen LogP contribution in [0.5, 0.6) is 0 Å². The Morgan fingerprint density at radius 1 is 1.04 bits per heavy atom. The molecule has 1 N–H and O–H groups in total. The lowest BCUT2D eigenvalue weighted by Crippen LogP contribution is -2.14. The van der Waals surface area contributed by atoms with Crippen molar-refractivity contribution in [3.05, 3.63) is 59.7 Å². The van der Waals surface area contributed by atoms with E-state index in [-0.39, 0.29) is 16.3 Å². The number of hydrogen-bond acceptors (Lipinski definition) is 2. The molecule has 1 amide bonds. The molecular formula is C15H10F5NOS. The standard InChI is InChI=1S/C15H10F5NOS/c16-10-5-11(17)7-12(6-10)21-14(22)8-23-13-3-1-2-9(4-13)15(18,19)20/h1-7H,8H2,(H,21,22). The zero-order valence-electron chi connectivity index (χ0n) is 11.5. The van der Waals surface area contributed by atoms with Crippen LogP contribution in [0.1, 0.15) is 5.56 Å². The molecule has 0 heterocycles. The van der Waals surface area contributed by atoms with Crippen LogP contribution in [0.3, 0.4) is 0 Å². The second-order valence-corrected chi connectivity index (χ2v) is 5.57. The number of thioether (sulfide) groups is 1. The van der Waals surface area contributed by atoms with Crippen LogP contribution in [0.25, 0.3) is 0 Å². The van der Waals surface area contributed by atoms with Crippen LogP contribution in [-0.4, -0.2) is 11.7 Å². The quantitative estimate of drug-likeness (QED) is 0.641. The van der Waals surface area contributed by atoms with Crippen LogP contribution >= 0.6 is 11.8 Å². The summed E-state index contributed by atoms with van der Waals surface area (Å²) in [6.07, 6.45) is -4.46. The Hall–Kier alpha value is -2.09. The minimum absolute atomic E-state index is 0.0582. The maximum atomic E-state index is 13.0. The second-order valence-electron chi connectivity index (χ2n) is 4.52. The van der Waals surface area contributed by atoms with E-state index in [2.05, 4.69) is 5.32 Å². The van der Waals surface area contributed by atoms with E-state index in [1.54, 1.807) is 0 Å². The summed E-state index contributed by atoms with van der Waals surface area (Å²) in [6.45, 7) is 0. The maximum Gasteiger partial charge on any atom is 0.416 e. The summed E-state index contributed by atoms with van der Waals surface area (Å²) in [5.74, 6) is -2.46. The number of benzene rings is 2. The van der Waals surface area contributed by atoms with Gasteiger partial charge in [0.2, 0.25) is 5.91 Å². The Balaban J connectivity index is 1.97. The van der Waals surface area contributed by atoms with E-state index in [4.69, 9.17) is 0 Å². The van der Waals surface area contributed by atoms with E-state index < -0.39 is 29.3 Å². The Morgan fingerprint density at radius 2 is 1.70 bits per heavy atom. The van der Waals surface area contributed by atoms with Crippen molar-refractivity contribution < 1.29 is 26.7 Å². The summed E-state index contributed by atoms with van der Waals surface area (Å²) in [6, 6.07) is 7.08. The average Bonchev–Trinajstić information content (AvgIpc) is 2.43. The lowest BCUT2D eigenvalue weighted by molar-refractivity contribution is -0.137. The van der Waals surface area contributed by atoms with Gasteiger partial charge in [0, 0.05) is 16.6 Å². The summed E-state index contributed by atoms with van der Waals surface area (Å²) < 4.78 is 63.7. The fraction of sp³-hybridized carbons (Fsp3) is 0.133. The zero-order chi connectivity index (χ0) is 17.0. The molecule has 0 unspecified atom stereocenters. The molecule has 0 aliphatic carbocycles. The molecule has 0 aromatic heterocycles. The van der Waals surface area contributed by atoms with Gasteiger partial charge in [0.15, 0.2) is 0 Å². The van der Waals surface area contributed by atoms with Gasteiger partial charge in [0.05, 0.1) is 11.3 Å². The maximum absolute atomic E-state index is 13.0. The SMILES string of the molecule is O=C(CSc1cccc(C(F)(F)F)c1)Nc1cc(F)cc(F)c1.